The van der Waals surface area contributed by atoms with Gasteiger partial charge in [-0.05, 0) is 37.3 Å². The lowest BCUT2D eigenvalue weighted by Crippen LogP contribution is -2.17. The minimum absolute atomic E-state index is 0.0448. The highest BCUT2D eigenvalue weighted by atomic mass is 16.6. The summed E-state index contributed by atoms with van der Waals surface area (Å²) in [6.07, 6.45) is 7.06. The molecule has 96 valence electrons. The SMILES string of the molecule is C=C1C(=O)O[C@H]2C[C@H](C)C(C=CC(C)=O)=CC[C@H]12. The Hall–Kier alpha value is -1.64. The molecule has 3 heteroatoms. The zero-order chi connectivity index (χ0) is 13.3. The summed E-state index contributed by atoms with van der Waals surface area (Å²) < 4.78 is 5.34. The molecule has 1 heterocycles. The average Bonchev–Trinajstić information content (AvgIpc) is 2.46. The number of ether oxygens (including phenoxy) is 1. The molecule has 0 N–H and O–H groups in total. The van der Waals surface area contributed by atoms with Crippen molar-refractivity contribution in [2.75, 3.05) is 0 Å². The van der Waals surface area contributed by atoms with Gasteiger partial charge in [0.05, 0.1) is 0 Å². The number of ketones is 1. The van der Waals surface area contributed by atoms with Crippen LogP contribution in [0.1, 0.15) is 26.7 Å². The molecule has 0 aromatic carbocycles. The van der Waals surface area contributed by atoms with E-state index in [1.807, 2.05) is 6.08 Å². The summed E-state index contributed by atoms with van der Waals surface area (Å²) in [6, 6.07) is 0. The van der Waals surface area contributed by atoms with Gasteiger partial charge in [-0.1, -0.05) is 25.7 Å². The van der Waals surface area contributed by atoms with Gasteiger partial charge < -0.3 is 4.74 Å². The molecule has 1 aliphatic carbocycles. The molecule has 1 aliphatic heterocycles. The van der Waals surface area contributed by atoms with Crippen LogP contribution in [-0.4, -0.2) is 17.9 Å². The van der Waals surface area contributed by atoms with E-state index in [0.717, 1.165) is 18.4 Å². The molecule has 0 aromatic heterocycles. The normalized spacial score (nSPS) is 31.9. The number of esters is 1. The molecular formula is C15H18O3. The van der Waals surface area contributed by atoms with Gasteiger partial charge >= 0.3 is 5.97 Å². The summed E-state index contributed by atoms with van der Waals surface area (Å²) in [4.78, 5) is 22.4. The van der Waals surface area contributed by atoms with Crippen molar-refractivity contribution in [2.24, 2.45) is 11.8 Å². The van der Waals surface area contributed by atoms with Gasteiger partial charge in [-0.3, -0.25) is 4.79 Å². The van der Waals surface area contributed by atoms with Gasteiger partial charge in [-0.2, -0.15) is 0 Å². The third-order valence-corrected chi connectivity index (χ3v) is 3.69. The Kier molecular flexibility index (Phi) is 3.50. The second-order valence-electron chi connectivity index (χ2n) is 5.10. The molecule has 1 fully saturated rings. The van der Waals surface area contributed by atoms with Gasteiger partial charge in [0.2, 0.25) is 0 Å². The summed E-state index contributed by atoms with van der Waals surface area (Å²) in [6.45, 7) is 7.44. The zero-order valence-electron chi connectivity index (χ0n) is 10.8. The van der Waals surface area contributed by atoms with Crippen LogP contribution in [0.3, 0.4) is 0 Å². The Bertz CT molecular complexity index is 456. The van der Waals surface area contributed by atoms with Crippen LogP contribution in [0.5, 0.6) is 0 Å². The van der Waals surface area contributed by atoms with Gasteiger partial charge in [-0.25, -0.2) is 4.79 Å². The molecule has 0 unspecified atom stereocenters. The van der Waals surface area contributed by atoms with Crippen LogP contribution in [0.15, 0.2) is 36.0 Å². The monoisotopic (exact) mass is 246 g/mol. The Morgan fingerprint density at radius 2 is 2.28 bits per heavy atom. The number of allylic oxidation sites excluding steroid dienone is 4. The molecule has 0 bridgehead atoms. The quantitative estimate of drug-likeness (QED) is 0.555. The van der Waals surface area contributed by atoms with Gasteiger partial charge in [0.1, 0.15) is 6.10 Å². The van der Waals surface area contributed by atoms with Crippen molar-refractivity contribution in [3.05, 3.63) is 36.0 Å². The molecule has 2 rings (SSSR count). The third kappa shape index (κ3) is 2.45. The minimum atomic E-state index is -0.256. The van der Waals surface area contributed by atoms with Crippen LogP contribution >= 0.6 is 0 Å². The predicted octanol–water partition coefficient (Wildman–Crippen LogP) is 2.59. The average molecular weight is 246 g/mol. The highest BCUT2D eigenvalue weighted by Gasteiger charge is 2.40. The molecular weight excluding hydrogens is 228 g/mol. The zero-order valence-corrected chi connectivity index (χ0v) is 10.8. The first-order valence-corrected chi connectivity index (χ1v) is 6.27. The number of hydrogen-bond acceptors (Lipinski definition) is 3. The van der Waals surface area contributed by atoms with E-state index in [9.17, 15) is 9.59 Å². The van der Waals surface area contributed by atoms with E-state index < -0.39 is 0 Å². The second-order valence-corrected chi connectivity index (χ2v) is 5.10. The maximum Gasteiger partial charge on any atom is 0.334 e. The minimum Gasteiger partial charge on any atom is -0.458 e. The van der Waals surface area contributed by atoms with E-state index in [1.165, 1.54) is 6.92 Å². The molecule has 0 radical (unpaired) electrons. The fourth-order valence-electron chi connectivity index (χ4n) is 2.57. The standard InChI is InChI=1S/C15H18O3/c1-9-8-14-13(11(3)15(17)18-14)7-6-12(9)5-4-10(2)16/h4-6,9,13-14H,3,7-8H2,1-2H3/t9-,13+,14-/m0/s1. The molecule has 1 saturated heterocycles. The fourth-order valence-corrected chi connectivity index (χ4v) is 2.57. The first kappa shape index (κ1) is 12.8. The molecule has 0 saturated carbocycles. The van der Waals surface area contributed by atoms with Gasteiger partial charge in [0.25, 0.3) is 0 Å². The van der Waals surface area contributed by atoms with Crippen LogP contribution in [-0.2, 0) is 14.3 Å². The van der Waals surface area contributed by atoms with E-state index in [4.69, 9.17) is 4.74 Å². The van der Waals surface area contributed by atoms with Crippen molar-refractivity contribution in [1.29, 1.82) is 0 Å². The van der Waals surface area contributed by atoms with Crippen LogP contribution in [0.2, 0.25) is 0 Å². The molecule has 0 spiro atoms. The molecule has 0 amide bonds. The molecule has 0 aromatic rings. The van der Waals surface area contributed by atoms with E-state index in [-0.39, 0.29) is 29.7 Å². The lowest BCUT2D eigenvalue weighted by Gasteiger charge is -2.16. The summed E-state index contributed by atoms with van der Waals surface area (Å²) in [5, 5.41) is 0. The highest BCUT2D eigenvalue weighted by molar-refractivity contribution is 5.91. The van der Waals surface area contributed by atoms with Crippen molar-refractivity contribution < 1.29 is 14.3 Å². The number of carbonyl (C=O) groups is 2. The van der Waals surface area contributed by atoms with Crippen molar-refractivity contribution in [3.63, 3.8) is 0 Å². The van der Waals surface area contributed by atoms with Gasteiger partial charge in [-0.15, -0.1) is 0 Å². The Morgan fingerprint density at radius 3 is 2.94 bits per heavy atom. The van der Waals surface area contributed by atoms with E-state index in [1.54, 1.807) is 6.08 Å². The van der Waals surface area contributed by atoms with Crippen molar-refractivity contribution in [1.82, 2.24) is 0 Å². The lowest BCUT2D eigenvalue weighted by molar-refractivity contribution is -0.139. The molecule has 2 aliphatic rings. The Labute approximate surface area is 107 Å². The number of carbonyl (C=O) groups excluding carboxylic acids is 2. The first-order valence-electron chi connectivity index (χ1n) is 6.27. The van der Waals surface area contributed by atoms with Gasteiger partial charge in [0.15, 0.2) is 5.78 Å². The highest BCUT2D eigenvalue weighted by Crippen LogP contribution is 2.38. The third-order valence-electron chi connectivity index (χ3n) is 3.69. The van der Waals surface area contributed by atoms with Crippen LogP contribution < -0.4 is 0 Å². The number of fused-ring (bicyclic) bond motifs is 1. The Morgan fingerprint density at radius 1 is 1.56 bits per heavy atom. The smallest absolute Gasteiger partial charge is 0.334 e. The fraction of sp³-hybridized carbons (Fsp3) is 0.467. The van der Waals surface area contributed by atoms with Crippen molar-refractivity contribution in [2.45, 2.75) is 32.8 Å². The van der Waals surface area contributed by atoms with Crippen LogP contribution in [0.25, 0.3) is 0 Å². The van der Waals surface area contributed by atoms with Crippen LogP contribution in [0.4, 0.5) is 0 Å². The maximum absolute atomic E-state index is 11.5. The summed E-state index contributed by atoms with van der Waals surface area (Å²) >= 11 is 0. The topological polar surface area (TPSA) is 43.4 Å². The molecule has 3 nitrogen and oxygen atoms in total. The van der Waals surface area contributed by atoms with Crippen molar-refractivity contribution in [3.8, 4) is 0 Å². The predicted molar refractivity (Wildman–Crippen MR) is 68.8 cm³/mol. The van der Waals surface area contributed by atoms with Gasteiger partial charge in [0, 0.05) is 11.5 Å². The van der Waals surface area contributed by atoms with E-state index in [0.29, 0.717) is 5.57 Å². The molecule has 3 atom stereocenters. The van der Waals surface area contributed by atoms with E-state index >= 15 is 0 Å². The molecule has 18 heavy (non-hydrogen) atoms. The largest absolute Gasteiger partial charge is 0.458 e. The second kappa shape index (κ2) is 4.92. The summed E-state index contributed by atoms with van der Waals surface area (Å²) in [5.74, 6) is 0.175. The maximum atomic E-state index is 11.5. The lowest BCUT2D eigenvalue weighted by atomic mass is 9.91. The summed E-state index contributed by atoms with van der Waals surface area (Å²) in [5.41, 5.74) is 1.73. The number of hydrogen-bond donors (Lipinski definition) is 0. The Balaban J connectivity index is 2.18. The van der Waals surface area contributed by atoms with E-state index in [2.05, 4.69) is 19.6 Å². The number of rotatable bonds is 2. The summed E-state index contributed by atoms with van der Waals surface area (Å²) in [7, 11) is 0. The van der Waals surface area contributed by atoms with Crippen LogP contribution in [0, 0.1) is 11.8 Å². The first-order chi connectivity index (χ1) is 8.49. The van der Waals surface area contributed by atoms with Crippen molar-refractivity contribution >= 4 is 11.8 Å².